The lowest BCUT2D eigenvalue weighted by Gasteiger charge is -2.06. The Kier molecular flexibility index (Phi) is 7.16. The van der Waals surface area contributed by atoms with Crippen molar-refractivity contribution in [3.05, 3.63) is 57.5 Å². The van der Waals surface area contributed by atoms with E-state index in [1.165, 1.54) is 12.1 Å². The van der Waals surface area contributed by atoms with Crippen LogP contribution in [0.25, 0.3) is 0 Å². The Balaban J connectivity index is 1.83. The van der Waals surface area contributed by atoms with Gasteiger partial charge < -0.3 is 19.2 Å². The summed E-state index contributed by atoms with van der Waals surface area (Å²) in [6.07, 6.45) is 0.732. The van der Waals surface area contributed by atoms with Crippen LogP contribution in [0.2, 0.25) is 0 Å². The highest BCUT2D eigenvalue weighted by molar-refractivity contribution is 5.91. The van der Waals surface area contributed by atoms with E-state index >= 15 is 0 Å². The third kappa shape index (κ3) is 5.59. The van der Waals surface area contributed by atoms with Crippen molar-refractivity contribution in [2.24, 2.45) is 0 Å². The van der Waals surface area contributed by atoms with Crippen molar-refractivity contribution in [1.82, 2.24) is 5.32 Å². The Bertz CT molecular complexity index is 756. The van der Waals surface area contributed by atoms with Gasteiger partial charge in [0.15, 0.2) is 5.76 Å². The van der Waals surface area contributed by atoms with Gasteiger partial charge in [0.05, 0.1) is 4.92 Å². The number of nitrogens with one attached hydrogen (secondary N) is 1. The van der Waals surface area contributed by atoms with Gasteiger partial charge in [0.1, 0.15) is 18.1 Å². The average Bonchev–Trinajstić information content (AvgIpc) is 3.08. The summed E-state index contributed by atoms with van der Waals surface area (Å²) in [7, 11) is 0. The minimum atomic E-state index is -0.440. The zero-order chi connectivity index (χ0) is 18.9. The lowest BCUT2D eigenvalue weighted by molar-refractivity contribution is -0.385. The molecule has 1 amide bonds. The maximum atomic E-state index is 12.0. The van der Waals surface area contributed by atoms with E-state index < -0.39 is 4.92 Å². The number of amides is 1. The fourth-order valence-electron chi connectivity index (χ4n) is 2.26. The van der Waals surface area contributed by atoms with Crippen LogP contribution in [0, 0.1) is 17.0 Å². The monoisotopic (exact) mass is 362 g/mol. The second-order valence-electron chi connectivity index (χ2n) is 5.57. The molecule has 0 fully saturated rings. The molecule has 1 N–H and O–H groups in total. The summed E-state index contributed by atoms with van der Waals surface area (Å²) in [5, 5.41) is 13.6. The van der Waals surface area contributed by atoms with Gasteiger partial charge in [-0.05, 0) is 44.5 Å². The maximum absolute atomic E-state index is 12.0. The molecule has 2 aromatic rings. The van der Waals surface area contributed by atoms with Crippen molar-refractivity contribution < 1.29 is 23.6 Å². The quantitative estimate of drug-likeness (QED) is 0.395. The topological polar surface area (TPSA) is 104 Å². The number of hydrogen-bond acceptors (Lipinski definition) is 6. The number of nitro benzene ring substituents is 1. The van der Waals surface area contributed by atoms with Gasteiger partial charge in [-0.3, -0.25) is 14.9 Å². The van der Waals surface area contributed by atoms with E-state index in [4.69, 9.17) is 13.9 Å². The molecule has 1 heterocycles. The molecule has 26 heavy (non-hydrogen) atoms. The van der Waals surface area contributed by atoms with Gasteiger partial charge >= 0.3 is 0 Å². The summed E-state index contributed by atoms with van der Waals surface area (Å²) < 4.78 is 16.2. The van der Waals surface area contributed by atoms with Crippen LogP contribution in [0.3, 0.4) is 0 Å². The van der Waals surface area contributed by atoms with Gasteiger partial charge in [-0.15, -0.1) is 0 Å². The molecule has 8 heteroatoms. The lowest BCUT2D eigenvalue weighted by atomic mass is 10.2. The molecular formula is C18H22N2O6. The molecule has 8 nitrogen and oxygen atoms in total. The first-order chi connectivity index (χ1) is 12.5. The van der Waals surface area contributed by atoms with Gasteiger partial charge in [0.25, 0.3) is 11.6 Å². The van der Waals surface area contributed by atoms with Crippen molar-refractivity contribution in [2.45, 2.75) is 26.9 Å². The van der Waals surface area contributed by atoms with E-state index in [0.29, 0.717) is 36.8 Å². The van der Waals surface area contributed by atoms with Crippen molar-refractivity contribution in [1.29, 1.82) is 0 Å². The molecule has 0 atom stereocenters. The first-order valence-corrected chi connectivity index (χ1v) is 8.33. The van der Waals surface area contributed by atoms with Crippen molar-refractivity contribution in [2.75, 3.05) is 19.8 Å². The smallest absolute Gasteiger partial charge is 0.286 e. The zero-order valence-corrected chi connectivity index (χ0v) is 14.8. The number of ether oxygens (including phenoxy) is 2. The molecule has 0 saturated heterocycles. The van der Waals surface area contributed by atoms with Crippen LogP contribution in [0.4, 0.5) is 5.69 Å². The average molecular weight is 362 g/mol. The highest BCUT2D eigenvalue weighted by Crippen LogP contribution is 2.23. The van der Waals surface area contributed by atoms with Crippen LogP contribution in [-0.2, 0) is 11.3 Å². The number of nitrogens with zero attached hydrogens (tertiary/aromatic N) is 1. The second-order valence-corrected chi connectivity index (χ2v) is 5.57. The Morgan fingerprint density at radius 1 is 1.31 bits per heavy atom. The normalized spacial score (nSPS) is 10.5. The van der Waals surface area contributed by atoms with Crippen LogP contribution >= 0.6 is 0 Å². The summed E-state index contributed by atoms with van der Waals surface area (Å²) in [6, 6.07) is 7.76. The molecule has 0 aliphatic rings. The highest BCUT2D eigenvalue weighted by Gasteiger charge is 2.13. The third-order valence-corrected chi connectivity index (χ3v) is 3.59. The zero-order valence-electron chi connectivity index (χ0n) is 14.8. The molecule has 0 aliphatic carbocycles. The number of carbonyl (C=O) groups excluding carboxylic acids is 1. The minimum Gasteiger partial charge on any atom is -0.486 e. The molecule has 0 aliphatic heterocycles. The molecular weight excluding hydrogens is 340 g/mol. The lowest BCUT2D eigenvalue weighted by Crippen LogP contribution is -2.24. The second kappa shape index (κ2) is 9.57. The van der Waals surface area contributed by atoms with Gasteiger partial charge in [-0.1, -0.05) is 0 Å². The van der Waals surface area contributed by atoms with Crippen LogP contribution < -0.4 is 10.1 Å². The first-order valence-electron chi connectivity index (χ1n) is 8.33. The summed E-state index contributed by atoms with van der Waals surface area (Å²) >= 11 is 0. The van der Waals surface area contributed by atoms with Crippen molar-refractivity contribution >= 4 is 11.6 Å². The molecule has 140 valence electrons. The number of hydrogen-bond donors (Lipinski definition) is 1. The highest BCUT2D eigenvalue weighted by atomic mass is 16.6. The van der Waals surface area contributed by atoms with Crippen LogP contribution in [0.5, 0.6) is 5.75 Å². The molecule has 0 spiro atoms. The van der Waals surface area contributed by atoms with Gasteiger partial charge in [-0.2, -0.15) is 0 Å². The fourth-order valence-corrected chi connectivity index (χ4v) is 2.26. The molecule has 2 rings (SSSR count). The van der Waals surface area contributed by atoms with Gasteiger partial charge in [0, 0.05) is 31.4 Å². The van der Waals surface area contributed by atoms with Crippen LogP contribution in [0.1, 0.15) is 35.2 Å². The first kappa shape index (κ1) is 19.5. The SMILES string of the molecule is CCOCCCNC(=O)c1ccc(COc2ccc([N+](=O)[O-])c(C)c2)o1. The molecule has 0 unspecified atom stereocenters. The predicted molar refractivity (Wildman–Crippen MR) is 94.3 cm³/mol. The number of carbonyl (C=O) groups is 1. The van der Waals surface area contributed by atoms with E-state index in [0.717, 1.165) is 6.42 Å². The van der Waals surface area contributed by atoms with Crippen LogP contribution in [-0.4, -0.2) is 30.6 Å². The Morgan fingerprint density at radius 3 is 2.81 bits per heavy atom. The largest absolute Gasteiger partial charge is 0.486 e. The number of nitro groups is 1. The van der Waals surface area contributed by atoms with E-state index in [1.807, 2.05) is 6.92 Å². The van der Waals surface area contributed by atoms with E-state index in [2.05, 4.69) is 5.32 Å². The number of furan rings is 1. The Morgan fingerprint density at radius 2 is 2.12 bits per heavy atom. The predicted octanol–water partition coefficient (Wildman–Crippen LogP) is 3.23. The summed E-state index contributed by atoms with van der Waals surface area (Å²) in [6.45, 7) is 5.45. The standard InChI is InChI=1S/C18H22N2O6/c1-3-24-10-4-9-19-18(21)17-8-6-15(26-17)12-25-14-5-7-16(20(22)23)13(2)11-14/h5-8,11H,3-4,9-10,12H2,1-2H3,(H,19,21). The fraction of sp³-hybridized carbons (Fsp3) is 0.389. The summed E-state index contributed by atoms with van der Waals surface area (Å²) in [4.78, 5) is 22.3. The summed E-state index contributed by atoms with van der Waals surface area (Å²) in [5.74, 6) is 0.894. The summed E-state index contributed by atoms with van der Waals surface area (Å²) in [5.41, 5.74) is 0.553. The van der Waals surface area contributed by atoms with Crippen molar-refractivity contribution in [3.63, 3.8) is 0 Å². The molecule has 0 saturated carbocycles. The molecule has 0 radical (unpaired) electrons. The third-order valence-electron chi connectivity index (χ3n) is 3.59. The van der Waals surface area contributed by atoms with Crippen LogP contribution in [0.15, 0.2) is 34.7 Å². The van der Waals surface area contributed by atoms with Gasteiger partial charge in [-0.25, -0.2) is 0 Å². The number of aryl methyl sites for hydroxylation is 1. The molecule has 0 bridgehead atoms. The minimum absolute atomic E-state index is 0.0404. The van der Waals surface area contributed by atoms with Gasteiger partial charge in [0.2, 0.25) is 0 Å². The van der Waals surface area contributed by atoms with Crippen molar-refractivity contribution in [3.8, 4) is 5.75 Å². The Labute approximate surface area is 151 Å². The van der Waals surface area contributed by atoms with E-state index in [-0.39, 0.29) is 24.0 Å². The molecule has 1 aromatic carbocycles. The Hall–Kier alpha value is -2.87. The van der Waals surface area contributed by atoms with E-state index in [1.54, 1.807) is 25.1 Å². The van der Waals surface area contributed by atoms with E-state index in [9.17, 15) is 14.9 Å². The number of benzene rings is 1. The molecule has 1 aromatic heterocycles. The number of rotatable bonds is 10. The maximum Gasteiger partial charge on any atom is 0.286 e.